The second kappa shape index (κ2) is 16.8. The van der Waals surface area contributed by atoms with Gasteiger partial charge in [-0.1, -0.05) is 108 Å². The lowest BCUT2D eigenvalue weighted by Gasteiger charge is -2.38. The van der Waals surface area contributed by atoms with Crippen molar-refractivity contribution in [3.8, 4) is 0 Å². The number of hydrogen-bond donors (Lipinski definition) is 1. The monoisotopic (exact) mass is 790 g/mol. The van der Waals surface area contributed by atoms with Crippen LogP contribution in [0.2, 0.25) is 0 Å². The largest absolute Gasteiger partial charge is 0.446 e. The van der Waals surface area contributed by atoms with E-state index in [2.05, 4.69) is 44.5 Å². The predicted octanol–water partition coefficient (Wildman–Crippen LogP) is 9.57. The highest BCUT2D eigenvalue weighted by Crippen LogP contribution is 2.58. The zero-order valence-corrected chi connectivity index (χ0v) is 33.8. The summed E-state index contributed by atoms with van der Waals surface area (Å²) >= 11 is 0. The number of aromatic nitrogens is 4. The molecule has 0 bridgehead atoms. The highest BCUT2D eigenvalue weighted by Gasteiger charge is 2.48. The molecule has 1 aliphatic heterocycles. The van der Waals surface area contributed by atoms with Crippen molar-refractivity contribution in [2.75, 3.05) is 11.9 Å². The quantitative estimate of drug-likeness (QED) is 0.0850. The van der Waals surface area contributed by atoms with Crippen molar-refractivity contribution in [3.63, 3.8) is 0 Å². The molecule has 11 nitrogen and oxygen atoms in total. The van der Waals surface area contributed by atoms with E-state index in [1.807, 2.05) is 74.5 Å². The molecule has 4 atom stereocenters. The molecule has 0 radical (unpaired) electrons. The lowest BCUT2D eigenvalue weighted by atomic mass is 9.79. The van der Waals surface area contributed by atoms with Crippen molar-refractivity contribution in [3.05, 3.63) is 155 Å². The number of aryl methyl sites for hydroxylation is 2. The number of imidazole rings is 1. The average molecular weight is 791 g/mol. The van der Waals surface area contributed by atoms with Crippen molar-refractivity contribution in [1.82, 2.24) is 24.2 Å². The van der Waals surface area contributed by atoms with Crippen molar-refractivity contribution in [2.24, 2.45) is 0 Å². The Morgan fingerprint density at radius 3 is 2.00 bits per heavy atom. The first-order chi connectivity index (χ1) is 27.4. The van der Waals surface area contributed by atoms with Crippen LogP contribution in [0.1, 0.15) is 78.5 Å². The molecule has 3 heterocycles. The number of carbonyl (C=O) groups is 1. The Hall–Kier alpha value is -5.10. The predicted molar refractivity (Wildman–Crippen MR) is 219 cm³/mol. The Labute approximate surface area is 332 Å². The van der Waals surface area contributed by atoms with E-state index in [1.54, 1.807) is 62.9 Å². The Morgan fingerprint density at radius 2 is 1.42 bits per heavy atom. The van der Waals surface area contributed by atoms with Gasteiger partial charge in [-0.05, 0) is 70.4 Å². The lowest BCUT2D eigenvalue weighted by molar-refractivity contribution is -0.0914. The Kier molecular flexibility index (Phi) is 11.8. The van der Waals surface area contributed by atoms with Crippen LogP contribution in [0.5, 0.6) is 0 Å². The fourth-order valence-corrected chi connectivity index (χ4v) is 9.40. The highest BCUT2D eigenvalue weighted by atomic mass is 31.2. The zero-order chi connectivity index (χ0) is 40.3. The number of halogens is 1. The molecule has 4 aromatic carbocycles. The van der Waals surface area contributed by atoms with E-state index < -0.39 is 44.0 Å². The maximum Gasteiger partial charge on any atom is 0.446 e. The normalized spacial score (nSPS) is 18.4. The van der Waals surface area contributed by atoms with Crippen LogP contribution in [0.25, 0.3) is 11.2 Å². The van der Waals surface area contributed by atoms with E-state index >= 15 is 4.20 Å². The van der Waals surface area contributed by atoms with Gasteiger partial charge in [-0.15, -0.1) is 4.20 Å². The van der Waals surface area contributed by atoms with Gasteiger partial charge in [0.25, 0.3) is 5.91 Å². The molecule has 1 N–H and O–H groups in total. The van der Waals surface area contributed by atoms with Crippen LogP contribution in [0.4, 0.5) is 10.0 Å². The summed E-state index contributed by atoms with van der Waals surface area (Å²) in [7, 11) is -4.86. The molecule has 0 aliphatic carbocycles. The fourth-order valence-electron chi connectivity index (χ4n) is 7.63. The first-order valence-corrected chi connectivity index (χ1v) is 20.6. The Morgan fingerprint density at radius 1 is 0.860 bits per heavy atom. The third-order valence-corrected chi connectivity index (χ3v) is 12.3. The number of rotatable bonds is 14. The standard InChI is InChI=1S/C44H48FN6O5P/c1-29(2)51(30(3)4)57(45,53)56-37-25-39(50-28-48-40-41(46-27-47-42(40)50)49-43(52)33-13-9-7-10-14-33)55-38(37)26-54-44(34-15-11-8-12-16-34,35-21-17-31(5)18-22-35)36-23-19-32(6)20-24-36/h7-24,27-30,37-39H,25-26H2,1-6H3,(H,46,47,49,52)/t37-,38+,39+,57?/m0/s1. The van der Waals surface area contributed by atoms with E-state index in [1.165, 1.54) is 11.0 Å². The van der Waals surface area contributed by atoms with E-state index in [4.69, 9.17) is 14.0 Å². The van der Waals surface area contributed by atoms with Gasteiger partial charge in [0.1, 0.15) is 30.4 Å². The molecular formula is C44H48FN6O5P. The van der Waals surface area contributed by atoms with Gasteiger partial charge in [0.15, 0.2) is 17.0 Å². The third kappa shape index (κ3) is 8.33. The first kappa shape index (κ1) is 40.1. The molecule has 0 spiro atoms. The second-order valence-electron chi connectivity index (χ2n) is 15.0. The van der Waals surface area contributed by atoms with Crippen LogP contribution in [0.3, 0.4) is 0 Å². The van der Waals surface area contributed by atoms with Crippen LogP contribution >= 0.6 is 7.83 Å². The van der Waals surface area contributed by atoms with Crippen LogP contribution in [-0.2, 0) is 24.2 Å². The van der Waals surface area contributed by atoms with Crippen LogP contribution in [0, 0.1) is 13.8 Å². The number of hydrogen-bond acceptors (Lipinski definition) is 8. The van der Waals surface area contributed by atoms with Gasteiger partial charge in [-0.2, -0.15) is 0 Å². The molecule has 0 saturated carbocycles. The van der Waals surface area contributed by atoms with Gasteiger partial charge < -0.3 is 14.8 Å². The van der Waals surface area contributed by atoms with Gasteiger partial charge in [-0.3, -0.25) is 13.9 Å². The smallest absolute Gasteiger partial charge is 0.358 e. The number of ether oxygens (including phenoxy) is 2. The van der Waals surface area contributed by atoms with Gasteiger partial charge in [0.05, 0.1) is 12.9 Å². The summed E-state index contributed by atoms with van der Waals surface area (Å²) in [6.45, 7) is 11.1. The molecule has 1 saturated heterocycles. The number of carbonyl (C=O) groups excluding carboxylic acids is 1. The highest BCUT2D eigenvalue weighted by molar-refractivity contribution is 7.50. The van der Waals surface area contributed by atoms with Crippen molar-refractivity contribution in [1.29, 1.82) is 0 Å². The van der Waals surface area contributed by atoms with E-state index in [0.29, 0.717) is 16.7 Å². The van der Waals surface area contributed by atoms with Crippen molar-refractivity contribution >= 4 is 30.7 Å². The molecule has 1 unspecified atom stereocenters. The number of benzene rings is 4. The molecule has 296 valence electrons. The summed E-state index contributed by atoms with van der Waals surface area (Å²) in [4.78, 5) is 26.4. The molecule has 57 heavy (non-hydrogen) atoms. The van der Waals surface area contributed by atoms with Gasteiger partial charge >= 0.3 is 7.83 Å². The number of fused-ring (bicyclic) bond motifs is 1. The summed E-state index contributed by atoms with van der Waals surface area (Å²) in [6, 6.07) is 34.3. The summed E-state index contributed by atoms with van der Waals surface area (Å²) in [6.07, 6.45) is 0.292. The average Bonchev–Trinajstić information content (AvgIpc) is 3.80. The molecule has 2 aromatic heterocycles. The molecule has 1 amide bonds. The summed E-state index contributed by atoms with van der Waals surface area (Å²) in [5.74, 6) is -0.129. The molecule has 13 heteroatoms. The molecule has 7 rings (SSSR count). The van der Waals surface area contributed by atoms with Crippen LogP contribution < -0.4 is 5.32 Å². The summed E-state index contributed by atoms with van der Waals surface area (Å²) in [5, 5.41) is 2.83. The lowest BCUT2D eigenvalue weighted by Crippen LogP contribution is -2.39. The molecular weight excluding hydrogens is 742 g/mol. The second-order valence-corrected chi connectivity index (χ2v) is 16.6. The molecule has 6 aromatic rings. The Bertz CT molecular complexity index is 2290. The summed E-state index contributed by atoms with van der Waals surface area (Å²) in [5.41, 5.74) is 4.92. The van der Waals surface area contributed by atoms with E-state index in [0.717, 1.165) is 27.8 Å². The van der Waals surface area contributed by atoms with Gasteiger partial charge in [0.2, 0.25) is 0 Å². The number of amides is 1. The van der Waals surface area contributed by atoms with Gasteiger partial charge in [0, 0.05) is 24.1 Å². The first-order valence-electron chi connectivity index (χ1n) is 19.2. The van der Waals surface area contributed by atoms with Crippen molar-refractivity contribution < 1.29 is 27.6 Å². The van der Waals surface area contributed by atoms with Crippen LogP contribution in [-0.4, -0.2) is 61.0 Å². The van der Waals surface area contributed by atoms with E-state index in [9.17, 15) is 9.36 Å². The SMILES string of the molecule is Cc1ccc(C(OC[C@H]2O[C@@H](n3cnc4c(NC(=O)c5ccccc5)ncnc43)C[C@@H]2OP(=O)(F)N(C(C)C)C(C)C)(c2ccccc2)c2ccc(C)cc2)cc1. The van der Waals surface area contributed by atoms with Gasteiger partial charge in [-0.25, -0.2) is 24.2 Å². The molecule has 1 fully saturated rings. The van der Waals surface area contributed by atoms with Crippen molar-refractivity contribution in [2.45, 2.75) is 84.1 Å². The Balaban J connectivity index is 1.27. The number of nitrogens with one attached hydrogen (secondary N) is 1. The van der Waals surface area contributed by atoms with Crippen LogP contribution in [0.15, 0.2) is 122 Å². The minimum atomic E-state index is -4.86. The van der Waals surface area contributed by atoms with E-state index in [-0.39, 0.29) is 24.8 Å². The topological polar surface area (TPSA) is 121 Å². The minimum Gasteiger partial charge on any atom is -0.358 e. The number of nitrogens with zero attached hydrogens (tertiary/aromatic N) is 5. The summed E-state index contributed by atoms with van der Waals surface area (Å²) < 4.78 is 53.4. The molecule has 1 aliphatic rings. The maximum atomic E-state index is 16.5. The minimum absolute atomic E-state index is 0.0683. The zero-order valence-electron chi connectivity index (χ0n) is 33.0. The maximum absolute atomic E-state index is 16.5. The third-order valence-electron chi connectivity index (χ3n) is 10.3. The number of anilines is 1. The fraction of sp³-hybridized carbons (Fsp3) is 0.318.